The molecule has 0 aromatic heterocycles. The summed E-state index contributed by atoms with van der Waals surface area (Å²) in [6.07, 6.45) is 0. The van der Waals surface area contributed by atoms with Gasteiger partial charge in [0.1, 0.15) is 0 Å². The van der Waals surface area contributed by atoms with E-state index in [1.165, 1.54) is 0 Å². The number of nitrogens with zero attached hydrogens (tertiary/aromatic N) is 1. The van der Waals surface area contributed by atoms with Gasteiger partial charge < -0.3 is 5.32 Å². The molecule has 0 heterocycles. The quantitative estimate of drug-likeness (QED) is 0.483. The molecular formula is C5H15GeN-. The van der Waals surface area contributed by atoms with Crippen molar-refractivity contribution in [1.29, 1.82) is 0 Å². The van der Waals surface area contributed by atoms with Crippen LogP contribution in [-0.2, 0) is 0 Å². The van der Waals surface area contributed by atoms with Gasteiger partial charge in [0.15, 0.2) is 0 Å². The second-order valence-corrected chi connectivity index (χ2v) is 8.24. The molecule has 7 heavy (non-hydrogen) atoms. The van der Waals surface area contributed by atoms with E-state index in [1.54, 1.807) is 14.1 Å². The van der Waals surface area contributed by atoms with E-state index in [9.17, 15) is 0 Å². The molecule has 1 nitrogen and oxygen atoms in total. The van der Waals surface area contributed by atoms with Gasteiger partial charge >= 0.3 is 31.6 Å². The van der Waals surface area contributed by atoms with Gasteiger partial charge in [-0.05, 0) is 0 Å². The predicted octanol–water partition coefficient (Wildman–Crippen LogP) is 1.99. The van der Waals surface area contributed by atoms with Crippen molar-refractivity contribution in [3.63, 3.8) is 0 Å². The van der Waals surface area contributed by atoms with E-state index in [4.69, 9.17) is 0 Å². The van der Waals surface area contributed by atoms with E-state index in [0.717, 1.165) is 0 Å². The summed E-state index contributed by atoms with van der Waals surface area (Å²) in [5.74, 6) is 7.00. The van der Waals surface area contributed by atoms with Crippen LogP contribution in [0.25, 0.3) is 5.32 Å². The van der Waals surface area contributed by atoms with Crippen molar-refractivity contribution < 1.29 is 0 Å². The van der Waals surface area contributed by atoms with Crippen molar-refractivity contribution >= 4 is 14.3 Å². The Morgan fingerprint density at radius 3 is 1.00 bits per heavy atom. The zero-order valence-electron chi connectivity index (χ0n) is 5.95. The predicted molar refractivity (Wildman–Crippen MR) is 38.6 cm³/mol. The van der Waals surface area contributed by atoms with E-state index in [0.29, 0.717) is 0 Å². The van der Waals surface area contributed by atoms with E-state index >= 15 is 0 Å². The first kappa shape index (κ1) is 10.5. The Morgan fingerprint density at radius 1 is 1.00 bits per heavy atom. The first-order valence-corrected chi connectivity index (χ1v) is 8.69. The first-order chi connectivity index (χ1) is 3.15. The molecular weight excluding hydrogens is 147 g/mol. The van der Waals surface area contributed by atoms with E-state index in [-0.39, 0.29) is 14.3 Å². The maximum absolute atomic E-state index is 3.50. The third-order valence-corrected chi connectivity index (χ3v) is 0. The van der Waals surface area contributed by atoms with Gasteiger partial charge in [0.05, 0.1) is 0 Å². The van der Waals surface area contributed by atoms with Crippen LogP contribution in [0.15, 0.2) is 0 Å². The molecule has 0 saturated carbocycles. The van der Waals surface area contributed by atoms with E-state index < -0.39 is 0 Å². The van der Waals surface area contributed by atoms with Crippen molar-refractivity contribution in [2.75, 3.05) is 14.1 Å². The number of hydrogen-bond donors (Lipinski definition) is 0. The van der Waals surface area contributed by atoms with E-state index in [2.05, 4.69) is 22.6 Å². The van der Waals surface area contributed by atoms with Crippen LogP contribution in [-0.4, -0.2) is 28.4 Å². The van der Waals surface area contributed by atoms with E-state index in [1.807, 2.05) is 0 Å². The summed E-state index contributed by atoms with van der Waals surface area (Å²) in [6.45, 7) is 0. The number of rotatable bonds is 0. The minimum absolute atomic E-state index is 0.333. The molecule has 0 N–H and O–H groups in total. The van der Waals surface area contributed by atoms with Crippen LogP contribution in [0.3, 0.4) is 0 Å². The second kappa shape index (κ2) is 9.71. The Hall–Kier alpha value is 0.503. The molecule has 0 spiro atoms. The molecule has 1 radical (unpaired) electrons. The molecule has 0 aromatic rings. The van der Waals surface area contributed by atoms with Crippen LogP contribution in [0.5, 0.6) is 0 Å². The van der Waals surface area contributed by atoms with Crippen molar-refractivity contribution in [1.82, 2.24) is 0 Å². The summed E-state index contributed by atoms with van der Waals surface area (Å²) < 4.78 is 0. The fourth-order valence-corrected chi connectivity index (χ4v) is 0. The molecule has 0 unspecified atom stereocenters. The minimum atomic E-state index is -0.333. The van der Waals surface area contributed by atoms with Crippen molar-refractivity contribution in [2.45, 2.75) is 17.3 Å². The second-order valence-electron chi connectivity index (χ2n) is 1.95. The summed E-state index contributed by atoms with van der Waals surface area (Å²) in [4.78, 5) is 0. The van der Waals surface area contributed by atoms with Crippen LogP contribution in [0.2, 0.25) is 17.3 Å². The summed E-state index contributed by atoms with van der Waals surface area (Å²) in [6, 6.07) is 0. The Labute approximate surface area is 51.6 Å². The Morgan fingerprint density at radius 2 is 1.00 bits per heavy atom. The SMILES string of the molecule is C[N-]C.[CH3][Ge]([CH3])[CH3]. The zero-order chi connectivity index (χ0) is 6.28. The summed E-state index contributed by atoms with van der Waals surface area (Å²) in [7, 11) is 3.50. The van der Waals surface area contributed by atoms with Crippen LogP contribution in [0, 0.1) is 0 Å². The van der Waals surface area contributed by atoms with Gasteiger partial charge in [-0.15, -0.1) is 0 Å². The summed E-state index contributed by atoms with van der Waals surface area (Å²) in [5, 5.41) is 3.50. The Kier molecular flexibility index (Phi) is 14.5. The van der Waals surface area contributed by atoms with Crippen LogP contribution in [0.1, 0.15) is 0 Å². The molecule has 0 saturated heterocycles. The monoisotopic (exact) mass is 163 g/mol. The van der Waals surface area contributed by atoms with Gasteiger partial charge in [-0.2, -0.15) is 14.1 Å². The molecule has 0 amide bonds. The first-order valence-electron chi connectivity index (χ1n) is 2.39. The van der Waals surface area contributed by atoms with Crippen LogP contribution in [0.4, 0.5) is 0 Å². The van der Waals surface area contributed by atoms with Crippen LogP contribution >= 0.6 is 0 Å². The van der Waals surface area contributed by atoms with Crippen LogP contribution < -0.4 is 0 Å². The summed E-state index contributed by atoms with van der Waals surface area (Å²) in [5.41, 5.74) is 0. The molecule has 0 aromatic carbocycles. The standard InChI is InChI=1S/C3H9Ge.C2H6N/c1-4(2)3;1-3-2/h1-3H3;1-2H3/q;-1. The molecule has 2 heteroatoms. The molecule has 0 aliphatic rings. The molecule has 0 aliphatic carbocycles. The zero-order valence-corrected chi connectivity index (χ0v) is 8.05. The van der Waals surface area contributed by atoms with Crippen molar-refractivity contribution in [3.05, 3.63) is 5.32 Å². The van der Waals surface area contributed by atoms with Crippen molar-refractivity contribution in [3.8, 4) is 0 Å². The normalized spacial score (nSPS) is 7.71. The molecule has 0 aliphatic heterocycles. The fraction of sp³-hybridized carbons (Fsp3) is 1.00. The third-order valence-electron chi connectivity index (χ3n) is 0. The Bertz CT molecular complexity index is 19.3. The van der Waals surface area contributed by atoms with Gasteiger partial charge in [-0.1, -0.05) is 0 Å². The third kappa shape index (κ3) is 521. The van der Waals surface area contributed by atoms with Gasteiger partial charge in [0, 0.05) is 0 Å². The average molecular weight is 162 g/mol. The fourth-order valence-electron chi connectivity index (χ4n) is 0. The van der Waals surface area contributed by atoms with Gasteiger partial charge in [0.25, 0.3) is 0 Å². The number of hydrogen-bond acceptors (Lipinski definition) is 0. The molecule has 0 rings (SSSR count). The average Bonchev–Trinajstić information content (AvgIpc) is 1.33. The summed E-state index contributed by atoms with van der Waals surface area (Å²) >= 11 is -0.333. The molecule has 0 fully saturated rings. The maximum atomic E-state index is 3.50. The van der Waals surface area contributed by atoms with Crippen molar-refractivity contribution in [2.24, 2.45) is 0 Å². The van der Waals surface area contributed by atoms with Gasteiger partial charge in [-0.25, -0.2) is 0 Å². The van der Waals surface area contributed by atoms with Gasteiger partial charge in [0.2, 0.25) is 0 Å². The van der Waals surface area contributed by atoms with Gasteiger partial charge in [-0.3, -0.25) is 0 Å². The molecule has 0 atom stereocenters. The molecule has 45 valence electrons. The topological polar surface area (TPSA) is 14.1 Å². The Balaban J connectivity index is 0. The molecule has 0 bridgehead atoms.